The van der Waals surface area contributed by atoms with Gasteiger partial charge in [-0.3, -0.25) is 4.79 Å². The van der Waals surface area contributed by atoms with E-state index >= 15 is 0 Å². The first kappa shape index (κ1) is 9.90. The molecule has 0 aliphatic rings. The summed E-state index contributed by atoms with van der Waals surface area (Å²) in [5.41, 5.74) is 0. The molecule has 0 aromatic heterocycles. The zero-order valence-electron chi connectivity index (χ0n) is 4.60. The van der Waals surface area contributed by atoms with Gasteiger partial charge in [0.05, 0.1) is 10.6 Å². The summed E-state index contributed by atoms with van der Waals surface area (Å²) in [6.07, 6.45) is -5.60. The topological polar surface area (TPSA) is 17.1 Å². The van der Waals surface area contributed by atoms with Crippen LogP contribution in [-0.2, 0) is 4.79 Å². The van der Waals surface area contributed by atoms with E-state index in [0.29, 0.717) is 0 Å². The molecular formula is C4H3F3OS2. The number of rotatable bonds is 2. The minimum Gasteiger partial charge on any atom is -0.289 e. The third-order valence-corrected chi connectivity index (χ3v) is 0.930. The summed E-state index contributed by atoms with van der Waals surface area (Å²) < 4.78 is 33.9. The molecule has 0 radical (unpaired) electrons. The Bertz CT molecular complexity index is 162. The minimum atomic E-state index is -4.78. The summed E-state index contributed by atoms with van der Waals surface area (Å²) in [6.45, 7) is 0. The maximum atomic E-state index is 11.4. The Balaban J connectivity index is 3.99. The predicted octanol–water partition coefficient (Wildman–Crippen LogP) is 1.77. The second-order valence-corrected chi connectivity index (χ2v) is 2.83. The van der Waals surface area contributed by atoms with Crippen molar-refractivity contribution in [2.45, 2.75) is 12.6 Å². The molecule has 10 heavy (non-hydrogen) atoms. The molecule has 0 spiro atoms. The highest BCUT2D eigenvalue weighted by molar-refractivity contribution is 8.11. The fourth-order valence-electron chi connectivity index (χ4n) is 0.238. The first-order valence-electron chi connectivity index (χ1n) is 2.16. The Morgan fingerprint density at radius 2 is 1.90 bits per heavy atom. The SMILES string of the molecule is O=C(CC(=S)S)C(F)(F)F. The van der Waals surface area contributed by atoms with Gasteiger partial charge in [0.15, 0.2) is 0 Å². The molecule has 0 aliphatic heterocycles. The molecule has 6 heteroatoms. The number of carbonyl (C=O) groups excluding carboxylic acids is 1. The average Bonchev–Trinajstić information content (AvgIpc) is 1.60. The van der Waals surface area contributed by atoms with Crippen molar-refractivity contribution in [2.75, 3.05) is 0 Å². The van der Waals surface area contributed by atoms with Crippen molar-refractivity contribution in [3.8, 4) is 0 Å². The average molecular weight is 188 g/mol. The van der Waals surface area contributed by atoms with Crippen LogP contribution >= 0.6 is 24.8 Å². The maximum Gasteiger partial charge on any atom is 0.450 e. The molecule has 0 aromatic carbocycles. The second-order valence-electron chi connectivity index (χ2n) is 1.49. The first-order chi connectivity index (χ1) is 4.34. The van der Waals surface area contributed by atoms with Crippen molar-refractivity contribution >= 4 is 34.8 Å². The van der Waals surface area contributed by atoms with Gasteiger partial charge in [0.1, 0.15) is 0 Å². The lowest BCUT2D eigenvalue weighted by atomic mass is 10.3. The Kier molecular flexibility index (Phi) is 3.30. The molecule has 0 amide bonds. The van der Waals surface area contributed by atoms with Crippen molar-refractivity contribution in [1.29, 1.82) is 0 Å². The third-order valence-electron chi connectivity index (χ3n) is 0.628. The molecule has 0 atom stereocenters. The van der Waals surface area contributed by atoms with E-state index in [1.807, 2.05) is 0 Å². The fourth-order valence-corrected chi connectivity index (χ4v) is 0.512. The molecule has 0 fully saturated rings. The van der Waals surface area contributed by atoms with E-state index in [1.54, 1.807) is 0 Å². The lowest BCUT2D eigenvalue weighted by Crippen LogP contribution is -2.23. The molecule has 0 heterocycles. The van der Waals surface area contributed by atoms with Gasteiger partial charge in [-0.25, -0.2) is 0 Å². The monoisotopic (exact) mass is 188 g/mol. The van der Waals surface area contributed by atoms with Crippen molar-refractivity contribution in [2.24, 2.45) is 0 Å². The van der Waals surface area contributed by atoms with Crippen LogP contribution in [0.25, 0.3) is 0 Å². The normalized spacial score (nSPS) is 11.2. The second kappa shape index (κ2) is 3.34. The fraction of sp³-hybridized carbons (Fsp3) is 0.500. The van der Waals surface area contributed by atoms with Crippen molar-refractivity contribution < 1.29 is 18.0 Å². The van der Waals surface area contributed by atoms with Gasteiger partial charge in [-0.15, -0.1) is 12.6 Å². The van der Waals surface area contributed by atoms with Crippen LogP contribution in [-0.4, -0.2) is 16.2 Å². The van der Waals surface area contributed by atoms with Gasteiger partial charge in [0.2, 0.25) is 5.78 Å². The van der Waals surface area contributed by atoms with Crippen LogP contribution in [0, 0.1) is 0 Å². The number of hydrogen-bond acceptors (Lipinski definition) is 2. The van der Waals surface area contributed by atoms with Crippen molar-refractivity contribution in [3.05, 3.63) is 0 Å². The summed E-state index contributed by atoms with van der Waals surface area (Å²) in [4.78, 5) is 10.0. The number of thiocarbonyl (C=S) groups is 1. The molecule has 0 saturated heterocycles. The van der Waals surface area contributed by atoms with Crippen LogP contribution in [0.1, 0.15) is 6.42 Å². The summed E-state index contributed by atoms with van der Waals surface area (Å²) in [6, 6.07) is 0. The van der Waals surface area contributed by atoms with Crippen LogP contribution in [0.4, 0.5) is 13.2 Å². The Labute approximate surface area is 66.0 Å². The van der Waals surface area contributed by atoms with E-state index in [9.17, 15) is 18.0 Å². The molecule has 0 rings (SSSR count). The lowest BCUT2D eigenvalue weighted by molar-refractivity contribution is -0.169. The first-order valence-corrected chi connectivity index (χ1v) is 3.01. The third kappa shape index (κ3) is 3.84. The number of Topliss-reactive ketones (excluding diaryl/α,β-unsaturated/α-hetero) is 1. The standard InChI is InChI=1S/C4H3F3OS2/c5-4(6,7)2(8)1-3(9)10/h1H2,(H,9,10). The largest absolute Gasteiger partial charge is 0.450 e. The number of alkyl halides is 3. The summed E-state index contributed by atoms with van der Waals surface area (Å²) in [5.74, 6) is -1.85. The quantitative estimate of drug-likeness (QED) is 0.525. The highest BCUT2D eigenvalue weighted by Gasteiger charge is 2.37. The zero-order chi connectivity index (χ0) is 8.36. The molecule has 0 saturated carbocycles. The van der Waals surface area contributed by atoms with Gasteiger partial charge in [-0.1, -0.05) is 12.2 Å². The van der Waals surface area contributed by atoms with Gasteiger partial charge in [-0.05, 0) is 0 Å². The smallest absolute Gasteiger partial charge is 0.289 e. The van der Waals surface area contributed by atoms with Crippen molar-refractivity contribution in [1.82, 2.24) is 0 Å². The van der Waals surface area contributed by atoms with Gasteiger partial charge < -0.3 is 0 Å². The van der Waals surface area contributed by atoms with Gasteiger partial charge in [-0.2, -0.15) is 13.2 Å². The van der Waals surface area contributed by atoms with Gasteiger partial charge >= 0.3 is 6.18 Å². The van der Waals surface area contributed by atoms with E-state index in [2.05, 4.69) is 24.8 Å². The van der Waals surface area contributed by atoms with Crippen LogP contribution in [0.5, 0.6) is 0 Å². The number of thiol groups is 1. The Morgan fingerprint density at radius 1 is 1.50 bits per heavy atom. The van der Waals surface area contributed by atoms with E-state index in [-0.39, 0.29) is 4.20 Å². The van der Waals surface area contributed by atoms with Gasteiger partial charge in [0, 0.05) is 0 Å². The molecule has 0 unspecified atom stereocenters. The predicted molar refractivity (Wildman–Crippen MR) is 37.3 cm³/mol. The Hall–Kier alpha value is -0.100. The van der Waals surface area contributed by atoms with Crippen molar-refractivity contribution in [3.63, 3.8) is 0 Å². The van der Waals surface area contributed by atoms with Gasteiger partial charge in [0.25, 0.3) is 0 Å². The van der Waals surface area contributed by atoms with Crippen LogP contribution < -0.4 is 0 Å². The molecule has 0 aromatic rings. The molecule has 0 aliphatic carbocycles. The summed E-state index contributed by atoms with van der Waals surface area (Å²) >= 11 is 7.56. The number of halogens is 3. The number of ketones is 1. The molecule has 58 valence electrons. The maximum absolute atomic E-state index is 11.4. The summed E-state index contributed by atoms with van der Waals surface area (Å²) in [5, 5.41) is 0. The molecule has 0 bridgehead atoms. The van der Waals surface area contributed by atoms with Crippen LogP contribution in [0.3, 0.4) is 0 Å². The highest BCUT2D eigenvalue weighted by Crippen LogP contribution is 2.18. The highest BCUT2D eigenvalue weighted by atomic mass is 32.1. The van der Waals surface area contributed by atoms with Crippen LogP contribution in [0.15, 0.2) is 0 Å². The van der Waals surface area contributed by atoms with E-state index in [1.165, 1.54) is 0 Å². The lowest BCUT2D eigenvalue weighted by Gasteiger charge is -2.01. The molecular weight excluding hydrogens is 185 g/mol. The number of carbonyl (C=O) groups is 1. The molecule has 0 N–H and O–H groups in total. The van der Waals surface area contributed by atoms with E-state index in [0.717, 1.165) is 0 Å². The Morgan fingerprint density at radius 3 is 2.00 bits per heavy atom. The summed E-state index contributed by atoms with van der Waals surface area (Å²) in [7, 11) is 0. The van der Waals surface area contributed by atoms with E-state index in [4.69, 9.17) is 0 Å². The number of hydrogen-bond donors (Lipinski definition) is 1. The van der Waals surface area contributed by atoms with Crippen LogP contribution in [0.2, 0.25) is 0 Å². The van der Waals surface area contributed by atoms with E-state index < -0.39 is 18.4 Å². The minimum absolute atomic E-state index is 0.248. The zero-order valence-corrected chi connectivity index (χ0v) is 6.32. The molecule has 1 nitrogen and oxygen atoms in total.